The zero-order chi connectivity index (χ0) is 37.0. The normalized spacial score (nSPS) is 11.6. The van der Waals surface area contributed by atoms with Crippen LogP contribution in [0, 0.1) is 0 Å². The summed E-state index contributed by atoms with van der Waals surface area (Å²) >= 11 is 0. The van der Waals surface area contributed by atoms with Gasteiger partial charge < -0.3 is 0 Å². The molecular weight excluding hydrogens is 681 g/mol. The van der Waals surface area contributed by atoms with Gasteiger partial charge >= 0.3 is 0 Å². The van der Waals surface area contributed by atoms with Gasteiger partial charge in [0.25, 0.3) is 0 Å². The average Bonchev–Trinajstić information content (AvgIpc) is 3.28. The predicted octanol–water partition coefficient (Wildman–Crippen LogP) is 13.4. The largest absolute Gasteiger partial charge is 0.255 e. The van der Waals surface area contributed by atoms with Crippen LogP contribution in [0.4, 0.5) is 0 Å². The second-order valence-corrected chi connectivity index (χ2v) is 14.3. The van der Waals surface area contributed by atoms with E-state index in [0.29, 0.717) is 0 Å². The molecule has 260 valence electrons. The Labute approximate surface area is 323 Å². The maximum absolute atomic E-state index is 5.30. The van der Waals surface area contributed by atoms with Crippen LogP contribution in [0.2, 0.25) is 0 Å². The minimum absolute atomic E-state index is 0.878. The Hall–Kier alpha value is -7.56. The van der Waals surface area contributed by atoms with Crippen molar-refractivity contribution in [3.63, 3.8) is 0 Å². The zero-order valence-electron chi connectivity index (χ0n) is 30.3. The number of aromatic nitrogens is 4. The molecular formula is C52H32N4. The maximum Gasteiger partial charge on any atom is 0.0972 e. The molecule has 0 radical (unpaired) electrons. The molecule has 4 heteroatoms. The molecule has 11 rings (SSSR count). The molecule has 0 aliphatic heterocycles. The van der Waals surface area contributed by atoms with E-state index in [-0.39, 0.29) is 0 Å². The van der Waals surface area contributed by atoms with E-state index in [1.807, 2.05) is 42.5 Å². The first-order valence-corrected chi connectivity index (χ1v) is 18.9. The van der Waals surface area contributed by atoms with Crippen LogP contribution in [-0.4, -0.2) is 19.9 Å². The van der Waals surface area contributed by atoms with Crippen molar-refractivity contribution < 1.29 is 0 Å². The van der Waals surface area contributed by atoms with Gasteiger partial charge in [-0.05, 0) is 98.4 Å². The Morgan fingerprint density at radius 3 is 1.61 bits per heavy atom. The highest BCUT2D eigenvalue weighted by atomic mass is 14.8. The van der Waals surface area contributed by atoms with Crippen molar-refractivity contribution in [1.82, 2.24) is 19.9 Å². The van der Waals surface area contributed by atoms with Crippen LogP contribution in [0.25, 0.3) is 110 Å². The molecule has 0 bridgehead atoms. The van der Waals surface area contributed by atoms with E-state index in [9.17, 15) is 0 Å². The Kier molecular flexibility index (Phi) is 7.46. The molecule has 4 aromatic heterocycles. The molecule has 0 N–H and O–H groups in total. The van der Waals surface area contributed by atoms with Gasteiger partial charge in [-0.15, -0.1) is 0 Å². The minimum atomic E-state index is 0.878. The van der Waals surface area contributed by atoms with Crippen molar-refractivity contribution in [3.05, 3.63) is 194 Å². The molecule has 4 nitrogen and oxygen atoms in total. The van der Waals surface area contributed by atoms with Gasteiger partial charge in [0.2, 0.25) is 0 Å². The number of pyridine rings is 4. The quantitative estimate of drug-likeness (QED) is 0.167. The fourth-order valence-corrected chi connectivity index (χ4v) is 8.02. The number of fused-ring (bicyclic) bond motifs is 6. The van der Waals surface area contributed by atoms with Gasteiger partial charge in [0, 0.05) is 33.5 Å². The Bertz CT molecular complexity index is 3300. The van der Waals surface area contributed by atoms with E-state index in [1.165, 1.54) is 43.8 Å². The van der Waals surface area contributed by atoms with Gasteiger partial charge in [-0.2, -0.15) is 0 Å². The van der Waals surface area contributed by atoms with Crippen LogP contribution in [0.1, 0.15) is 0 Å². The van der Waals surface area contributed by atoms with E-state index in [2.05, 4.69) is 151 Å². The third-order valence-corrected chi connectivity index (χ3v) is 10.9. The molecule has 0 aliphatic rings. The zero-order valence-corrected chi connectivity index (χ0v) is 30.3. The number of rotatable bonds is 5. The molecule has 7 aromatic carbocycles. The first-order chi connectivity index (χ1) is 27.7. The van der Waals surface area contributed by atoms with Crippen molar-refractivity contribution in [1.29, 1.82) is 0 Å². The minimum Gasteiger partial charge on any atom is -0.255 e. The van der Waals surface area contributed by atoms with Gasteiger partial charge in [0.1, 0.15) is 0 Å². The summed E-state index contributed by atoms with van der Waals surface area (Å²) in [5.41, 5.74) is 13.3. The lowest BCUT2D eigenvalue weighted by atomic mass is 9.92. The van der Waals surface area contributed by atoms with E-state index < -0.39 is 0 Å². The molecule has 11 aromatic rings. The van der Waals surface area contributed by atoms with E-state index in [1.54, 1.807) is 6.20 Å². The van der Waals surface area contributed by atoms with Crippen LogP contribution in [0.3, 0.4) is 0 Å². The molecule has 0 atom stereocenters. The van der Waals surface area contributed by atoms with Crippen LogP contribution >= 0.6 is 0 Å². The van der Waals surface area contributed by atoms with Gasteiger partial charge in [-0.3, -0.25) is 4.98 Å². The van der Waals surface area contributed by atoms with Gasteiger partial charge in [-0.25, -0.2) is 15.0 Å². The number of benzene rings is 7. The number of hydrogen-bond donors (Lipinski definition) is 0. The molecule has 56 heavy (non-hydrogen) atoms. The monoisotopic (exact) mass is 712 g/mol. The number of nitrogens with zero attached hydrogens (tertiary/aromatic N) is 4. The molecule has 0 spiro atoms. The van der Waals surface area contributed by atoms with Crippen LogP contribution in [0.15, 0.2) is 194 Å². The Morgan fingerprint density at radius 2 is 0.839 bits per heavy atom. The lowest BCUT2D eigenvalue weighted by Gasteiger charge is -2.14. The molecule has 0 saturated carbocycles. The highest BCUT2D eigenvalue weighted by molar-refractivity contribution is 6.08. The summed E-state index contributed by atoms with van der Waals surface area (Å²) in [5.74, 6) is 0. The summed E-state index contributed by atoms with van der Waals surface area (Å²) in [6.07, 6.45) is 1.80. The molecule has 0 unspecified atom stereocenters. The highest BCUT2D eigenvalue weighted by Crippen LogP contribution is 2.38. The maximum atomic E-state index is 5.30. The van der Waals surface area contributed by atoms with Crippen LogP contribution < -0.4 is 0 Å². The molecule has 0 aliphatic carbocycles. The van der Waals surface area contributed by atoms with Crippen molar-refractivity contribution >= 4 is 54.3 Å². The fraction of sp³-hybridized carbons (Fsp3) is 0. The Morgan fingerprint density at radius 1 is 0.286 bits per heavy atom. The fourth-order valence-electron chi connectivity index (χ4n) is 8.02. The lowest BCUT2D eigenvalue weighted by Crippen LogP contribution is -1.92. The SMILES string of the molecule is c1ccc(-c2ccc3ccc4ccc(-c5ccc(-c6ccc7cc(-c8ccc9nc(-c%10ccccn%10)ccc9c8)ccc7c6)c6ccccc56)nc4c3n2)cc1. The first-order valence-electron chi connectivity index (χ1n) is 18.9. The lowest BCUT2D eigenvalue weighted by molar-refractivity contribution is 1.28. The average molecular weight is 713 g/mol. The molecule has 0 fully saturated rings. The Balaban J connectivity index is 0.945. The number of hydrogen-bond acceptors (Lipinski definition) is 4. The predicted molar refractivity (Wildman–Crippen MR) is 232 cm³/mol. The summed E-state index contributed by atoms with van der Waals surface area (Å²) in [7, 11) is 0. The van der Waals surface area contributed by atoms with Gasteiger partial charge in [-0.1, -0.05) is 133 Å². The van der Waals surface area contributed by atoms with E-state index in [0.717, 1.165) is 66.6 Å². The van der Waals surface area contributed by atoms with Crippen molar-refractivity contribution in [3.8, 4) is 56.2 Å². The topological polar surface area (TPSA) is 51.6 Å². The summed E-state index contributed by atoms with van der Waals surface area (Å²) in [4.78, 5) is 19.8. The van der Waals surface area contributed by atoms with Crippen molar-refractivity contribution in [2.24, 2.45) is 0 Å². The summed E-state index contributed by atoms with van der Waals surface area (Å²) < 4.78 is 0. The van der Waals surface area contributed by atoms with Crippen molar-refractivity contribution in [2.75, 3.05) is 0 Å². The standard InChI is InChI=1S/C52H32N4/c1-2-8-33(9-3-1)46-25-19-34-13-14-35-20-27-48(56-52(35)51(34)55-46)45-24-23-42(43-10-4-5-11-44(43)45)40-18-17-37-30-36(15-16-38(37)31-40)39-21-26-47-41(32-39)22-28-50(54-47)49-12-6-7-29-53-49/h1-32H. The van der Waals surface area contributed by atoms with Crippen molar-refractivity contribution in [2.45, 2.75) is 0 Å². The van der Waals surface area contributed by atoms with Crippen LogP contribution in [-0.2, 0) is 0 Å². The molecule has 0 saturated heterocycles. The molecule has 4 heterocycles. The van der Waals surface area contributed by atoms with Gasteiger partial charge in [0.15, 0.2) is 0 Å². The van der Waals surface area contributed by atoms with E-state index in [4.69, 9.17) is 15.0 Å². The molecule has 0 amide bonds. The highest BCUT2D eigenvalue weighted by Gasteiger charge is 2.14. The smallest absolute Gasteiger partial charge is 0.0972 e. The summed E-state index contributed by atoms with van der Waals surface area (Å²) in [6, 6.07) is 66.4. The summed E-state index contributed by atoms with van der Waals surface area (Å²) in [5, 5.41) is 8.03. The van der Waals surface area contributed by atoms with Gasteiger partial charge in [0.05, 0.1) is 39.3 Å². The third kappa shape index (κ3) is 5.55. The second kappa shape index (κ2) is 13.1. The second-order valence-electron chi connectivity index (χ2n) is 14.3. The van der Waals surface area contributed by atoms with Crippen LogP contribution in [0.5, 0.6) is 0 Å². The third-order valence-electron chi connectivity index (χ3n) is 10.9. The van der Waals surface area contributed by atoms with E-state index >= 15 is 0 Å². The summed E-state index contributed by atoms with van der Waals surface area (Å²) in [6.45, 7) is 0. The first kappa shape index (κ1) is 31.9.